The summed E-state index contributed by atoms with van der Waals surface area (Å²) in [6.07, 6.45) is 3.04. The number of carbonyl (C=O) groups excluding carboxylic acids is 1. The van der Waals surface area contributed by atoms with Crippen molar-refractivity contribution >= 4 is 29.3 Å². The highest BCUT2D eigenvalue weighted by Crippen LogP contribution is 2.19. The molecule has 1 aromatic heterocycles. The quantitative estimate of drug-likeness (QED) is 0.839. The van der Waals surface area contributed by atoms with E-state index in [1.54, 1.807) is 13.1 Å². The lowest BCUT2D eigenvalue weighted by Gasteiger charge is -2.25. The molecule has 1 aromatic rings. The van der Waals surface area contributed by atoms with Crippen LogP contribution in [0.1, 0.15) is 10.7 Å². The van der Waals surface area contributed by atoms with Crippen LogP contribution in [0.15, 0.2) is 11.5 Å². The number of ether oxygens (including phenoxy) is 1. The van der Waals surface area contributed by atoms with Crippen LogP contribution in [-0.4, -0.2) is 53.2 Å². The molecule has 1 aliphatic rings. The number of thiazole rings is 1. The molecule has 0 bridgehead atoms. The molecule has 2 rings (SSSR count). The summed E-state index contributed by atoms with van der Waals surface area (Å²) >= 11 is 1.51. The average molecular weight is 296 g/mol. The monoisotopic (exact) mass is 296 g/mol. The summed E-state index contributed by atoms with van der Waals surface area (Å²) in [5, 5.41) is 11.9. The first-order chi connectivity index (χ1) is 9.49. The Kier molecular flexibility index (Phi) is 4.51. The smallest absolute Gasteiger partial charge is 0.311 e. The van der Waals surface area contributed by atoms with Gasteiger partial charge in [0.15, 0.2) is 0 Å². The van der Waals surface area contributed by atoms with Crippen LogP contribution < -0.4 is 0 Å². The van der Waals surface area contributed by atoms with Crippen molar-refractivity contribution in [3.63, 3.8) is 0 Å². The molecular weight excluding hydrogens is 280 g/mol. The first-order valence-corrected chi connectivity index (χ1v) is 7.04. The number of aromatic nitrogens is 1. The summed E-state index contributed by atoms with van der Waals surface area (Å²) in [5.74, 6) is -1.86. The zero-order valence-corrected chi connectivity index (χ0v) is 12.1. The van der Waals surface area contributed by atoms with Gasteiger partial charge in [0.1, 0.15) is 5.92 Å². The van der Waals surface area contributed by atoms with Gasteiger partial charge in [-0.3, -0.25) is 9.59 Å². The fourth-order valence-electron chi connectivity index (χ4n) is 2.05. The van der Waals surface area contributed by atoms with Crippen molar-refractivity contribution in [2.75, 3.05) is 20.3 Å². The van der Waals surface area contributed by atoms with E-state index in [1.165, 1.54) is 22.3 Å². The molecule has 108 valence electrons. The summed E-state index contributed by atoms with van der Waals surface area (Å²) in [7, 11) is 1.59. The van der Waals surface area contributed by atoms with E-state index >= 15 is 0 Å². The second-order valence-corrected chi connectivity index (χ2v) is 5.69. The molecule has 1 amide bonds. The summed E-state index contributed by atoms with van der Waals surface area (Å²) in [4.78, 5) is 28.8. The lowest BCUT2D eigenvalue weighted by atomic mass is 10.0. The molecule has 0 saturated carbocycles. The van der Waals surface area contributed by atoms with Crippen molar-refractivity contribution in [2.45, 2.75) is 13.0 Å². The lowest BCUT2D eigenvalue weighted by molar-refractivity contribution is -0.143. The second-order valence-electron chi connectivity index (χ2n) is 4.62. The maximum absolute atomic E-state index is 12.0. The number of rotatable bonds is 4. The minimum absolute atomic E-state index is 0.145. The number of carboxylic acids is 1. The number of amides is 1. The highest BCUT2D eigenvalue weighted by molar-refractivity contribution is 7.09. The molecule has 2 atom stereocenters. The molecule has 1 fully saturated rings. The Labute approximate surface area is 120 Å². The number of carbonyl (C=O) groups is 2. The third-order valence-electron chi connectivity index (χ3n) is 3.25. The van der Waals surface area contributed by atoms with Crippen molar-refractivity contribution in [1.82, 2.24) is 9.88 Å². The van der Waals surface area contributed by atoms with E-state index in [0.29, 0.717) is 0 Å². The van der Waals surface area contributed by atoms with Gasteiger partial charge in [-0.2, -0.15) is 0 Å². The van der Waals surface area contributed by atoms with Gasteiger partial charge >= 0.3 is 5.97 Å². The van der Waals surface area contributed by atoms with Gasteiger partial charge in [0.2, 0.25) is 5.91 Å². The van der Waals surface area contributed by atoms with Crippen molar-refractivity contribution < 1.29 is 19.4 Å². The molecule has 6 nitrogen and oxygen atoms in total. The maximum atomic E-state index is 12.0. The van der Waals surface area contributed by atoms with Gasteiger partial charge in [0, 0.05) is 18.5 Å². The number of aryl methyl sites for hydroxylation is 1. The van der Waals surface area contributed by atoms with Crippen LogP contribution in [0, 0.1) is 12.8 Å². The minimum Gasteiger partial charge on any atom is -0.481 e. The Morgan fingerprint density at radius 1 is 1.55 bits per heavy atom. The molecule has 7 heteroatoms. The summed E-state index contributed by atoms with van der Waals surface area (Å²) in [5.41, 5.74) is 0.728. The molecule has 1 N–H and O–H groups in total. The highest BCUT2D eigenvalue weighted by Gasteiger charge is 2.37. The van der Waals surface area contributed by atoms with Crippen LogP contribution in [0.4, 0.5) is 0 Å². The molecule has 20 heavy (non-hydrogen) atoms. The molecular formula is C13H16N2O4S. The van der Waals surface area contributed by atoms with Crippen LogP contribution in [0.5, 0.6) is 0 Å². The Balaban J connectivity index is 2.01. The Morgan fingerprint density at radius 2 is 2.30 bits per heavy atom. The van der Waals surface area contributed by atoms with Crippen LogP contribution >= 0.6 is 11.3 Å². The third kappa shape index (κ3) is 3.23. The van der Waals surface area contributed by atoms with Crippen LogP contribution in [-0.2, 0) is 14.3 Å². The van der Waals surface area contributed by atoms with Gasteiger partial charge in [0.05, 0.1) is 30.0 Å². The zero-order valence-electron chi connectivity index (χ0n) is 11.3. The highest BCUT2D eigenvalue weighted by atomic mass is 32.1. The Hall–Kier alpha value is -1.73. The lowest BCUT2D eigenvalue weighted by Crippen LogP contribution is -2.43. The molecule has 0 aromatic carbocycles. The molecule has 0 spiro atoms. The molecule has 0 aliphatic carbocycles. The number of carboxylic acid groups (broad SMARTS) is 1. The van der Waals surface area contributed by atoms with Crippen LogP contribution in [0.2, 0.25) is 0 Å². The standard InChI is InChI=1S/C13H16N2O4S/c1-8-14-9(7-20-8)3-4-12(16)15(2)11-6-19-5-10(11)13(17)18/h3-4,7,10-11H,5-6H2,1-2H3,(H,17,18). The van der Waals surface area contributed by atoms with Gasteiger partial charge in [0.25, 0.3) is 0 Å². The fraction of sp³-hybridized carbons (Fsp3) is 0.462. The van der Waals surface area contributed by atoms with Crippen molar-refractivity contribution in [3.8, 4) is 0 Å². The van der Waals surface area contributed by atoms with Gasteiger partial charge in [-0.05, 0) is 13.0 Å². The maximum Gasteiger partial charge on any atom is 0.311 e. The number of aliphatic carboxylic acids is 1. The minimum atomic E-state index is -0.939. The largest absolute Gasteiger partial charge is 0.481 e. The van der Waals surface area contributed by atoms with E-state index in [-0.39, 0.29) is 19.1 Å². The first kappa shape index (κ1) is 14.7. The van der Waals surface area contributed by atoms with E-state index < -0.39 is 17.9 Å². The topological polar surface area (TPSA) is 79.7 Å². The normalized spacial score (nSPS) is 22.3. The van der Waals surface area contributed by atoms with Crippen molar-refractivity contribution in [1.29, 1.82) is 0 Å². The van der Waals surface area contributed by atoms with Gasteiger partial charge < -0.3 is 14.7 Å². The zero-order chi connectivity index (χ0) is 14.7. The Bertz CT molecular complexity index is 540. The molecule has 1 saturated heterocycles. The van der Waals surface area contributed by atoms with Crippen molar-refractivity contribution in [2.24, 2.45) is 5.92 Å². The number of hydrogen-bond donors (Lipinski definition) is 1. The van der Waals surface area contributed by atoms with Gasteiger partial charge in [-0.15, -0.1) is 11.3 Å². The molecule has 1 aliphatic heterocycles. The van der Waals surface area contributed by atoms with Crippen LogP contribution in [0.3, 0.4) is 0 Å². The van der Waals surface area contributed by atoms with Crippen LogP contribution in [0.25, 0.3) is 6.08 Å². The van der Waals surface area contributed by atoms with E-state index in [1.807, 2.05) is 12.3 Å². The van der Waals surface area contributed by atoms with E-state index in [0.717, 1.165) is 10.7 Å². The van der Waals surface area contributed by atoms with Gasteiger partial charge in [-0.1, -0.05) is 0 Å². The number of nitrogens with zero attached hydrogens (tertiary/aromatic N) is 2. The van der Waals surface area contributed by atoms with E-state index in [9.17, 15) is 9.59 Å². The predicted octanol–water partition coefficient (Wildman–Crippen LogP) is 1.02. The molecule has 2 unspecified atom stereocenters. The SMILES string of the molecule is Cc1nc(C=CC(=O)N(C)C2COCC2C(=O)O)cs1. The third-order valence-corrected chi connectivity index (χ3v) is 4.04. The number of likely N-dealkylation sites (N-methyl/N-ethyl adjacent to an activating group) is 1. The fourth-order valence-corrected chi connectivity index (χ4v) is 2.64. The summed E-state index contributed by atoms with van der Waals surface area (Å²) in [6, 6.07) is -0.429. The molecule has 0 radical (unpaired) electrons. The average Bonchev–Trinajstić information content (AvgIpc) is 3.03. The Morgan fingerprint density at radius 3 is 2.90 bits per heavy atom. The van der Waals surface area contributed by atoms with Gasteiger partial charge in [-0.25, -0.2) is 4.98 Å². The van der Waals surface area contributed by atoms with E-state index in [4.69, 9.17) is 9.84 Å². The summed E-state index contributed by atoms with van der Waals surface area (Å²) < 4.78 is 5.16. The predicted molar refractivity (Wildman–Crippen MR) is 74.4 cm³/mol. The van der Waals surface area contributed by atoms with E-state index in [2.05, 4.69) is 4.98 Å². The number of hydrogen-bond acceptors (Lipinski definition) is 5. The van der Waals surface area contributed by atoms with Crippen molar-refractivity contribution in [3.05, 3.63) is 22.2 Å². The summed E-state index contributed by atoms with van der Waals surface area (Å²) in [6.45, 7) is 2.29. The molecule has 2 heterocycles. The second kappa shape index (κ2) is 6.15. The first-order valence-electron chi connectivity index (χ1n) is 6.16.